The van der Waals surface area contributed by atoms with Crippen LogP contribution in [0.5, 0.6) is 0 Å². The molecule has 0 aliphatic rings. The van der Waals surface area contributed by atoms with Crippen LogP contribution in [0.15, 0.2) is 54.6 Å². The second kappa shape index (κ2) is 4.84. The first-order valence-corrected chi connectivity index (χ1v) is 5.64. The summed E-state index contributed by atoms with van der Waals surface area (Å²) in [4.78, 5) is 0. The lowest BCUT2D eigenvalue weighted by molar-refractivity contribution is 0.884. The van der Waals surface area contributed by atoms with E-state index in [4.69, 9.17) is 0 Å². The van der Waals surface area contributed by atoms with E-state index in [1.165, 1.54) is 16.8 Å². The van der Waals surface area contributed by atoms with Crippen molar-refractivity contribution in [3.63, 3.8) is 0 Å². The van der Waals surface area contributed by atoms with Crippen molar-refractivity contribution in [3.05, 3.63) is 65.7 Å². The highest BCUT2D eigenvalue weighted by Gasteiger charge is 2.03. The molecule has 0 spiro atoms. The number of rotatable bonds is 3. The molecule has 0 fully saturated rings. The Morgan fingerprint density at radius 2 is 1.69 bits per heavy atom. The number of aryl methyl sites for hydroxylation is 1. The SMILES string of the molecule is Cc1cccc(NC(C)c2ccccc2)c1. The maximum atomic E-state index is 3.50. The van der Waals surface area contributed by atoms with Gasteiger partial charge in [-0.25, -0.2) is 0 Å². The minimum Gasteiger partial charge on any atom is -0.379 e. The van der Waals surface area contributed by atoms with Crippen LogP contribution >= 0.6 is 0 Å². The molecule has 0 radical (unpaired) electrons. The van der Waals surface area contributed by atoms with Gasteiger partial charge in [0.1, 0.15) is 0 Å². The monoisotopic (exact) mass is 211 g/mol. The van der Waals surface area contributed by atoms with E-state index < -0.39 is 0 Å². The third kappa shape index (κ3) is 2.63. The number of hydrogen-bond acceptors (Lipinski definition) is 1. The summed E-state index contributed by atoms with van der Waals surface area (Å²) < 4.78 is 0. The van der Waals surface area contributed by atoms with Gasteiger partial charge < -0.3 is 5.32 Å². The molecule has 0 amide bonds. The first kappa shape index (κ1) is 10.7. The smallest absolute Gasteiger partial charge is 0.0485 e. The average molecular weight is 211 g/mol. The van der Waals surface area contributed by atoms with Crippen LogP contribution in [0.2, 0.25) is 0 Å². The van der Waals surface area contributed by atoms with Gasteiger partial charge in [-0.3, -0.25) is 0 Å². The standard InChI is InChI=1S/C15H17N/c1-12-7-6-10-15(11-12)16-13(2)14-8-4-3-5-9-14/h3-11,13,16H,1-2H3. The molecular weight excluding hydrogens is 194 g/mol. The largest absolute Gasteiger partial charge is 0.379 e. The van der Waals surface area contributed by atoms with E-state index in [2.05, 4.69) is 67.7 Å². The number of anilines is 1. The molecule has 1 unspecified atom stereocenters. The fourth-order valence-corrected chi connectivity index (χ4v) is 1.81. The van der Waals surface area contributed by atoms with Gasteiger partial charge in [-0.2, -0.15) is 0 Å². The predicted octanol–water partition coefficient (Wildman–Crippen LogP) is 4.17. The Kier molecular flexibility index (Phi) is 3.25. The van der Waals surface area contributed by atoms with E-state index >= 15 is 0 Å². The highest BCUT2D eigenvalue weighted by atomic mass is 14.9. The molecule has 1 nitrogen and oxygen atoms in total. The van der Waals surface area contributed by atoms with Crippen molar-refractivity contribution < 1.29 is 0 Å². The number of nitrogens with one attached hydrogen (secondary N) is 1. The summed E-state index contributed by atoms with van der Waals surface area (Å²) in [6.45, 7) is 4.29. The first-order valence-electron chi connectivity index (χ1n) is 5.64. The molecule has 0 heterocycles. The van der Waals surface area contributed by atoms with Gasteiger partial charge in [0, 0.05) is 11.7 Å². The fourth-order valence-electron chi connectivity index (χ4n) is 1.81. The molecule has 1 atom stereocenters. The number of benzene rings is 2. The van der Waals surface area contributed by atoms with Crippen LogP contribution in [0.1, 0.15) is 24.1 Å². The Hall–Kier alpha value is -1.76. The minimum absolute atomic E-state index is 0.336. The predicted molar refractivity (Wildman–Crippen MR) is 69.7 cm³/mol. The van der Waals surface area contributed by atoms with E-state index in [1.807, 2.05) is 6.07 Å². The molecule has 0 aliphatic heterocycles. The average Bonchev–Trinajstić information content (AvgIpc) is 2.30. The molecular formula is C15H17N. The van der Waals surface area contributed by atoms with Crippen molar-refractivity contribution in [2.45, 2.75) is 19.9 Å². The highest BCUT2D eigenvalue weighted by Crippen LogP contribution is 2.19. The van der Waals surface area contributed by atoms with Gasteiger partial charge in [-0.15, -0.1) is 0 Å². The summed E-state index contributed by atoms with van der Waals surface area (Å²) in [5.74, 6) is 0. The third-order valence-electron chi connectivity index (χ3n) is 2.70. The highest BCUT2D eigenvalue weighted by molar-refractivity contribution is 5.47. The van der Waals surface area contributed by atoms with Gasteiger partial charge in [0.25, 0.3) is 0 Å². The van der Waals surface area contributed by atoms with Gasteiger partial charge in [0.15, 0.2) is 0 Å². The van der Waals surface area contributed by atoms with Crippen LogP contribution in [0, 0.1) is 6.92 Å². The molecule has 1 N–H and O–H groups in total. The van der Waals surface area contributed by atoms with Crippen LogP contribution in [0.4, 0.5) is 5.69 Å². The van der Waals surface area contributed by atoms with Crippen molar-refractivity contribution in [1.82, 2.24) is 0 Å². The number of hydrogen-bond donors (Lipinski definition) is 1. The maximum Gasteiger partial charge on any atom is 0.0485 e. The second-order valence-corrected chi connectivity index (χ2v) is 4.15. The molecule has 0 bridgehead atoms. The molecule has 0 saturated carbocycles. The maximum absolute atomic E-state index is 3.50. The molecule has 82 valence electrons. The van der Waals surface area contributed by atoms with Crippen molar-refractivity contribution in [2.75, 3.05) is 5.32 Å². The summed E-state index contributed by atoms with van der Waals surface area (Å²) in [5.41, 5.74) is 3.77. The van der Waals surface area contributed by atoms with Crippen molar-refractivity contribution in [3.8, 4) is 0 Å². The summed E-state index contributed by atoms with van der Waals surface area (Å²) in [7, 11) is 0. The quantitative estimate of drug-likeness (QED) is 0.803. The van der Waals surface area contributed by atoms with E-state index in [-0.39, 0.29) is 0 Å². The molecule has 2 aromatic carbocycles. The topological polar surface area (TPSA) is 12.0 Å². The van der Waals surface area contributed by atoms with E-state index in [1.54, 1.807) is 0 Å². The van der Waals surface area contributed by atoms with E-state index in [0.717, 1.165) is 0 Å². The summed E-state index contributed by atoms with van der Waals surface area (Å²) in [5, 5.41) is 3.50. The van der Waals surface area contributed by atoms with Gasteiger partial charge in [-0.1, -0.05) is 42.5 Å². The normalized spacial score (nSPS) is 12.1. The Morgan fingerprint density at radius 1 is 0.938 bits per heavy atom. The Labute approximate surface area is 97.1 Å². The zero-order valence-electron chi connectivity index (χ0n) is 9.77. The first-order chi connectivity index (χ1) is 7.75. The van der Waals surface area contributed by atoms with Crippen molar-refractivity contribution >= 4 is 5.69 Å². The lowest BCUT2D eigenvalue weighted by Crippen LogP contribution is -2.06. The van der Waals surface area contributed by atoms with Gasteiger partial charge in [0.05, 0.1) is 0 Å². The molecule has 1 heteroatoms. The molecule has 16 heavy (non-hydrogen) atoms. The lowest BCUT2D eigenvalue weighted by atomic mass is 10.1. The fraction of sp³-hybridized carbons (Fsp3) is 0.200. The van der Waals surface area contributed by atoms with Crippen LogP contribution in [0.3, 0.4) is 0 Å². The molecule has 0 aromatic heterocycles. The summed E-state index contributed by atoms with van der Waals surface area (Å²) in [6.07, 6.45) is 0. The molecule has 2 aromatic rings. The van der Waals surface area contributed by atoms with Crippen LogP contribution in [-0.4, -0.2) is 0 Å². The minimum atomic E-state index is 0.336. The third-order valence-corrected chi connectivity index (χ3v) is 2.70. The van der Waals surface area contributed by atoms with Crippen LogP contribution in [0.25, 0.3) is 0 Å². The van der Waals surface area contributed by atoms with Gasteiger partial charge in [0.2, 0.25) is 0 Å². The molecule has 0 aliphatic carbocycles. The lowest BCUT2D eigenvalue weighted by Gasteiger charge is -2.15. The van der Waals surface area contributed by atoms with Crippen molar-refractivity contribution in [2.24, 2.45) is 0 Å². The van der Waals surface area contributed by atoms with Crippen molar-refractivity contribution in [1.29, 1.82) is 0 Å². The van der Waals surface area contributed by atoms with Crippen LogP contribution < -0.4 is 5.32 Å². The van der Waals surface area contributed by atoms with Gasteiger partial charge >= 0.3 is 0 Å². The van der Waals surface area contributed by atoms with Crippen LogP contribution in [-0.2, 0) is 0 Å². The Bertz CT molecular complexity index is 448. The zero-order chi connectivity index (χ0) is 11.4. The summed E-state index contributed by atoms with van der Waals surface area (Å²) >= 11 is 0. The molecule has 2 rings (SSSR count). The zero-order valence-corrected chi connectivity index (χ0v) is 9.77. The molecule has 0 saturated heterocycles. The van der Waals surface area contributed by atoms with Gasteiger partial charge in [-0.05, 0) is 37.1 Å². The second-order valence-electron chi connectivity index (χ2n) is 4.15. The Morgan fingerprint density at radius 3 is 2.38 bits per heavy atom. The van der Waals surface area contributed by atoms with E-state index in [0.29, 0.717) is 6.04 Å². The summed E-state index contributed by atoms with van der Waals surface area (Å²) in [6, 6.07) is 19.3. The van der Waals surface area contributed by atoms with E-state index in [9.17, 15) is 0 Å². The Balaban J connectivity index is 2.11.